The molecule has 22 heteroatoms. The van der Waals surface area contributed by atoms with Gasteiger partial charge in [-0.25, -0.2) is 19.6 Å². The summed E-state index contributed by atoms with van der Waals surface area (Å²) in [7, 11) is 1.93. The average Bonchev–Trinajstić information content (AvgIpc) is 4.03. The first kappa shape index (κ1) is 43.6. The van der Waals surface area contributed by atoms with Gasteiger partial charge in [-0.1, -0.05) is 72.7 Å². The third-order valence-corrected chi connectivity index (χ3v) is 8.65. The summed E-state index contributed by atoms with van der Waals surface area (Å²) >= 11 is 0. The summed E-state index contributed by atoms with van der Waals surface area (Å²) in [6, 6.07) is 20.6. The number of benzene rings is 2. The molecule has 1 aliphatic rings. The molecule has 1 aliphatic heterocycles. The van der Waals surface area contributed by atoms with Crippen LogP contribution in [0.15, 0.2) is 84.0 Å². The number of aromatic nitrogens is 8. The zero-order valence-corrected chi connectivity index (χ0v) is 31.4. The Morgan fingerprint density at radius 1 is 0.847 bits per heavy atom. The van der Waals surface area contributed by atoms with Crippen LogP contribution in [0, 0.1) is 0 Å². The molecule has 5 heterocycles. The van der Waals surface area contributed by atoms with E-state index in [-0.39, 0.29) is 11.8 Å². The molecular formula is C37H40F4N10O8. The van der Waals surface area contributed by atoms with E-state index >= 15 is 0 Å². The maximum absolute atomic E-state index is 11.1. The van der Waals surface area contributed by atoms with Gasteiger partial charge in [-0.15, -0.1) is 0 Å². The van der Waals surface area contributed by atoms with Crippen LogP contribution in [0.1, 0.15) is 53.7 Å². The topological polar surface area (TPSA) is 249 Å². The monoisotopic (exact) mass is 828 g/mol. The lowest BCUT2D eigenvalue weighted by Gasteiger charge is -2.20. The summed E-state index contributed by atoms with van der Waals surface area (Å²) in [5, 5.41) is 47.3. The number of carbonyl (C=O) groups is 2. The zero-order valence-electron chi connectivity index (χ0n) is 31.4. The van der Waals surface area contributed by atoms with Gasteiger partial charge in [0.2, 0.25) is 5.95 Å². The summed E-state index contributed by atoms with van der Waals surface area (Å²) in [6.07, 6.45) is -4.65. The van der Waals surface area contributed by atoms with Crippen molar-refractivity contribution in [2.75, 3.05) is 23.7 Å². The van der Waals surface area contributed by atoms with Crippen molar-refractivity contribution in [2.24, 2.45) is 7.05 Å². The number of fused-ring (bicyclic) bond motifs is 1. The van der Waals surface area contributed by atoms with Crippen LogP contribution in [-0.2, 0) is 34.2 Å². The van der Waals surface area contributed by atoms with Crippen molar-refractivity contribution in [2.45, 2.75) is 63.1 Å². The highest BCUT2D eigenvalue weighted by molar-refractivity contribution is 5.84. The lowest BCUT2D eigenvalue weighted by Crippen LogP contribution is -2.29. The second-order valence-electron chi connectivity index (χ2n) is 12.8. The highest BCUT2D eigenvalue weighted by Crippen LogP contribution is 2.40. The Balaban J connectivity index is 0.000000484. The fourth-order valence-corrected chi connectivity index (χ4v) is 5.82. The summed E-state index contributed by atoms with van der Waals surface area (Å²) in [5.41, 5.74) is 4.15. The summed E-state index contributed by atoms with van der Waals surface area (Å²) in [6.45, 7) is 2.96. The third-order valence-electron chi connectivity index (χ3n) is 8.65. The Morgan fingerprint density at radius 2 is 1.46 bits per heavy atom. The SMILES string of the molecule is CCc1noc([C@H]2O[C@@H](n3cnc4c(NCC(c5ccccc5)c5ccccc5)nc(NCCc5cn(C)cn5)nc43)[C@H](O)[C@@H]2O)n1.O=C(O)C(F)F.O=C(O)C(F)F. The number of alkyl halides is 4. The fraction of sp³-hybridized carbons (Fsp3) is 0.351. The summed E-state index contributed by atoms with van der Waals surface area (Å²) < 4.78 is 57.2. The molecule has 4 aromatic heterocycles. The first-order chi connectivity index (χ1) is 28.3. The quantitative estimate of drug-likeness (QED) is 0.0847. The molecule has 0 unspecified atom stereocenters. The number of hydrogen-bond donors (Lipinski definition) is 6. The molecule has 6 N–H and O–H groups in total. The van der Waals surface area contributed by atoms with Crippen LogP contribution < -0.4 is 10.6 Å². The Bertz CT molecular complexity index is 2200. The molecule has 6 aromatic rings. The number of anilines is 2. The number of halogens is 4. The number of ether oxygens (including phenoxy) is 1. The van der Waals surface area contributed by atoms with E-state index in [9.17, 15) is 27.8 Å². The van der Waals surface area contributed by atoms with Crippen LogP contribution in [0.4, 0.5) is 29.3 Å². The maximum atomic E-state index is 11.1. The predicted octanol–water partition coefficient (Wildman–Crippen LogP) is 4.07. The molecule has 59 heavy (non-hydrogen) atoms. The molecule has 1 fully saturated rings. The molecule has 0 bridgehead atoms. The predicted molar refractivity (Wildman–Crippen MR) is 200 cm³/mol. The number of carboxylic acid groups (broad SMARTS) is 2. The molecule has 0 radical (unpaired) electrons. The second-order valence-corrected chi connectivity index (χ2v) is 12.8. The van der Waals surface area contributed by atoms with Gasteiger partial charge < -0.3 is 44.9 Å². The van der Waals surface area contributed by atoms with Crippen LogP contribution in [0.5, 0.6) is 0 Å². The lowest BCUT2D eigenvalue weighted by molar-refractivity contribution is -0.150. The molecular weight excluding hydrogens is 788 g/mol. The van der Waals surface area contributed by atoms with E-state index < -0.39 is 49.3 Å². The standard InChI is InChI=1S/C33H36N10O4.2C2H2F2O2/c1-3-24-38-31(47-41-24)28-26(44)27(45)32(46-28)43-19-37-25-29(39-33(40-30(25)43)34-15-14-22-17-42(2)18-36-22)35-16-23(20-10-6-4-7-11-20)21-12-8-5-9-13-21;2*3-1(4)2(5)6/h4-13,17-19,23,26-28,32,44-45H,3,14-16H2,1-2H3,(H2,34,35,39,40);2*1H,(H,5,6)/t26-,27+,28-,32+;;/m0../s1. The van der Waals surface area contributed by atoms with Crippen LogP contribution in [0.25, 0.3) is 11.2 Å². The minimum absolute atomic E-state index is 0.0309. The molecule has 1 saturated heterocycles. The normalized spacial score (nSPS) is 17.4. The molecule has 7 rings (SSSR count). The number of imidazole rings is 2. The van der Waals surface area contributed by atoms with Crippen molar-refractivity contribution in [3.8, 4) is 0 Å². The number of aryl methyl sites for hydroxylation is 2. The first-order valence-corrected chi connectivity index (χ1v) is 17.9. The van der Waals surface area contributed by atoms with Crippen molar-refractivity contribution < 1.29 is 56.8 Å². The van der Waals surface area contributed by atoms with Gasteiger partial charge in [0.15, 0.2) is 35.1 Å². The molecule has 0 aliphatic carbocycles. The number of aliphatic hydroxyl groups is 2. The first-order valence-electron chi connectivity index (χ1n) is 17.9. The Labute approximate surface area is 332 Å². The van der Waals surface area contributed by atoms with Gasteiger partial charge >= 0.3 is 24.8 Å². The zero-order chi connectivity index (χ0) is 42.6. The van der Waals surface area contributed by atoms with E-state index in [0.717, 1.165) is 16.8 Å². The summed E-state index contributed by atoms with van der Waals surface area (Å²) in [5.74, 6) is -2.66. The molecule has 0 spiro atoms. The van der Waals surface area contributed by atoms with Crippen molar-refractivity contribution in [3.05, 3.63) is 108 Å². The highest BCUT2D eigenvalue weighted by atomic mass is 19.3. The van der Waals surface area contributed by atoms with Gasteiger partial charge in [0, 0.05) is 45.1 Å². The Kier molecular flexibility index (Phi) is 15.0. The Morgan fingerprint density at radius 3 is 1.98 bits per heavy atom. The molecule has 4 atom stereocenters. The highest BCUT2D eigenvalue weighted by Gasteiger charge is 2.47. The van der Waals surface area contributed by atoms with E-state index in [1.807, 2.05) is 61.1 Å². The third kappa shape index (κ3) is 11.3. The van der Waals surface area contributed by atoms with Crippen molar-refractivity contribution in [1.82, 2.24) is 39.2 Å². The molecule has 0 saturated carbocycles. The van der Waals surface area contributed by atoms with Crippen LogP contribution in [0.3, 0.4) is 0 Å². The van der Waals surface area contributed by atoms with E-state index in [4.69, 9.17) is 39.0 Å². The van der Waals surface area contributed by atoms with E-state index in [2.05, 4.69) is 55.0 Å². The van der Waals surface area contributed by atoms with Crippen LogP contribution in [-0.4, -0.2) is 110 Å². The number of hydrogen-bond acceptors (Lipinski definition) is 14. The summed E-state index contributed by atoms with van der Waals surface area (Å²) in [4.78, 5) is 40.9. The van der Waals surface area contributed by atoms with Crippen LogP contribution in [0.2, 0.25) is 0 Å². The Hall–Kier alpha value is -6.52. The molecule has 314 valence electrons. The second kappa shape index (κ2) is 20.3. The van der Waals surface area contributed by atoms with Crippen molar-refractivity contribution in [3.63, 3.8) is 0 Å². The average molecular weight is 829 g/mol. The minimum atomic E-state index is -3.23. The van der Waals surface area contributed by atoms with Gasteiger partial charge in [0.1, 0.15) is 12.2 Å². The number of carboxylic acids is 2. The van der Waals surface area contributed by atoms with E-state index in [0.29, 0.717) is 54.7 Å². The number of rotatable bonds is 14. The van der Waals surface area contributed by atoms with Gasteiger partial charge in [-0.3, -0.25) is 4.57 Å². The van der Waals surface area contributed by atoms with Crippen molar-refractivity contribution >= 4 is 34.9 Å². The molecule has 18 nitrogen and oxygen atoms in total. The number of aliphatic carboxylic acids is 2. The minimum Gasteiger partial charge on any atom is -0.477 e. The van der Waals surface area contributed by atoms with E-state index in [1.54, 1.807) is 10.9 Å². The largest absolute Gasteiger partial charge is 0.477 e. The molecule has 0 amide bonds. The maximum Gasteiger partial charge on any atom is 0.371 e. The van der Waals surface area contributed by atoms with Gasteiger partial charge in [-0.05, 0) is 11.1 Å². The lowest BCUT2D eigenvalue weighted by atomic mass is 9.91. The molecule has 2 aromatic carbocycles. The number of nitrogens with zero attached hydrogens (tertiary/aromatic N) is 8. The van der Waals surface area contributed by atoms with Gasteiger partial charge in [0.25, 0.3) is 5.89 Å². The van der Waals surface area contributed by atoms with Crippen molar-refractivity contribution in [1.29, 1.82) is 0 Å². The van der Waals surface area contributed by atoms with Crippen LogP contribution >= 0.6 is 0 Å². The van der Waals surface area contributed by atoms with E-state index in [1.165, 1.54) is 6.33 Å². The van der Waals surface area contributed by atoms with Gasteiger partial charge in [0.05, 0.1) is 18.3 Å². The number of nitrogens with one attached hydrogen (secondary N) is 2. The fourth-order valence-electron chi connectivity index (χ4n) is 5.82. The van der Waals surface area contributed by atoms with Gasteiger partial charge in [-0.2, -0.15) is 32.5 Å². The number of aliphatic hydroxyl groups excluding tert-OH is 2. The smallest absolute Gasteiger partial charge is 0.371 e.